The van der Waals surface area contributed by atoms with Crippen molar-refractivity contribution in [3.05, 3.63) is 52.0 Å². The quantitative estimate of drug-likeness (QED) is 0.563. The maximum Gasteiger partial charge on any atom is 0.266 e. The van der Waals surface area contributed by atoms with Gasteiger partial charge in [0.25, 0.3) is 5.91 Å². The number of rotatable bonds is 6. The Bertz CT molecular complexity index is 1050. The number of fused-ring (bicyclic) bond motifs is 1. The van der Waals surface area contributed by atoms with Crippen LogP contribution in [0.2, 0.25) is 10.0 Å². The monoisotopic (exact) mass is 465 g/mol. The number of nitrogens with one attached hydrogen (secondary N) is 1. The zero-order chi connectivity index (χ0) is 21.1. The molecule has 1 aliphatic rings. The lowest BCUT2D eigenvalue weighted by molar-refractivity contribution is -0.122. The number of benzene rings is 2. The van der Waals surface area contributed by atoms with Crippen molar-refractivity contribution in [1.29, 1.82) is 0 Å². The summed E-state index contributed by atoms with van der Waals surface area (Å²) in [4.78, 5) is 19.4. The Kier molecular flexibility index (Phi) is 6.75. The molecule has 1 atom stereocenters. The minimum absolute atomic E-state index is 0.298. The van der Waals surface area contributed by atoms with Crippen molar-refractivity contribution < 1.29 is 14.3 Å². The number of hydrogen-bond acceptors (Lipinski definition) is 6. The van der Waals surface area contributed by atoms with Gasteiger partial charge in [0.15, 0.2) is 11.2 Å². The molecule has 1 amide bonds. The van der Waals surface area contributed by atoms with Crippen molar-refractivity contribution >= 4 is 55.8 Å². The largest absolute Gasteiger partial charge is 0.479 e. The number of thiazole rings is 1. The molecule has 4 rings (SSSR count). The highest BCUT2D eigenvalue weighted by molar-refractivity contribution is 7.22. The van der Waals surface area contributed by atoms with Crippen molar-refractivity contribution in [3.8, 4) is 5.75 Å². The van der Waals surface area contributed by atoms with E-state index in [1.807, 2.05) is 6.07 Å². The van der Waals surface area contributed by atoms with Gasteiger partial charge in [0.1, 0.15) is 5.75 Å². The lowest BCUT2D eigenvalue weighted by Crippen LogP contribution is -2.35. The van der Waals surface area contributed by atoms with Gasteiger partial charge in [0, 0.05) is 24.7 Å². The fraction of sp³-hybridized carbons (Fsp3) is 0.333. The molecule has 1 N–H and O–H groups in total. The fourth-order valence-corrected chi connectivity index (χ4v) is 4.55. The van der Waals surface area contributed by atoms with E-state index in [4.69, 9.17) is 32.7 Å². The Labute approximate surface area is 188 Å². The first-order valence-corrected chi connectivity index (χ1v) is 11.2. The van der Waals surface area contributed by atoms with Crippen molar-refractivity contribution in [2.24, 2.45) is 0 Å². The zero-order valence-electron chi connectivity index (χ0n) is 16.4. The van der Waals surface area contributed by atoms with Crippen LogP contribution < -0.4 is 10.1 Å². The topological polar surface area (TPSA) is 63.7 Å². The molecule has 1 saturated heterocycles. The third kappa shape index (κ3) is 5.22. The molecule has 30 heavy (non-hydrogen) atoms. The minimum atomic E-state index is -0.743. The van der Waals surface area contributed by atoms with Crippen LogP contribution in [0, 0.1) is 0 Å². The van der Waals surface area contributed by atoms with Gasteiger partial charge in [-0.2, -0.15) is 0 Å². The Balaban J connectivity index is 1.40. The summed E-state index contributed by atoms with van der Waals surface area (Å²) in [5.41, 5.74) is 2.08. The number of aromatic nitrogens is 1. The third-order valence-electron chi connectivity index (χ3n) is 4.76. The first-order chi connectivity index (χ1) is 14.5. The van der Waals surface area contributed by atoms with Gasteiger partial charge in [-0.1, -0.05) is 40.6 Å². The number of hydrogen-bond donors (Lipinski definition) is 1. The average Bonchev–Trinajstić information content (AvgIpc) is 3.12. The van der Waals surface area contributed by atoms with Crippen LogP contribution in [0.5, 0.6) is 5.75 Å². The highest BCUT2D eigenvalue weighted by atomic mass is 35.5. The molecule has 9 heteroatoms. The normalized spacial score (nSPS) is 15.8. The van der Waals surface area contributed by atoms with Gasteiger partial charge >= 0.3 is 0 Å². The molecule has 0 bridgehead atoms. The molecular weight excluding hydrogens is 445 g/mol. The van der Waals surface area contributed by atoms with Crippen LogP contribution in [0.4, 0.5) is 5.13 Å². The van der Waals surface area contributed by atoms with Gasteiger partial charge in [-0.05, 0) is 42.8 Å². The predicted octanol–water partition coefficient (Wildman–Crippen LogP) is 4.84. The average molecular weight is 466 g/mol. The van der Waals surface area contributed by atoms with E-state index < -0.39 is 6.10 Å². The van der Waals surface area contributed by atoms with Gasteiger partial charge in [-0.15, -0.1) is 0 Å². The first-order valence-electron chi connectivity index (χ1n) is 9.60. The number of morpholine rings is 1. The Morgan fingerprint density at radius 3 is 2.83 bits per heavy atom. The molecule has 1 aromatic heterocycles. The van der Waals surface area contributed by atoms with Crippen LogP contribution >= 0.6 is 34.5 Å². The van der Waals surface area contributed by atoms with Crippen molar-refractivity contribution in [2.75, 3.05) is 31.6 Å². The number of nitrogens with zero attached hydrogens (tertiary/aromatic N) is 2. The second-order valence-corrected chi connectivity index (χ2v) is 8.91. The molecular formula is C21H21Cl2N3O3S. The molecule has 1 unspecified atom stereocenters. The molecule has 0 aliphatic carbocycles. The fourth-order valence-electron chi connectivity index (χ4n) is 3.16. The van der Waals surface area contributed by atoms with E-state index in [1.54, 1.807) is 25.1 Å². The Morgan fingerprint density at radius 2 is 2.07 bits per heavy atom. The van der Waals surface area contributed by atoms with E-state index >= 15 is 0 Å². The summed E-state index contributed by atoms with van der Waals surface area (Å²) in [7, 11) is 0. The molecule has 6 nitrogen and oxygen atoms in total. The first kappa shape index (κ1) is 21.3. The van der Waals surface area contributed by atoms with E-state index in [1.165, 1.54) is 16.9 Å². The number of carbonyl (C=O) groups is 1. The van der Waals surface area contributed by atoms with E-state index in [0.29, 0.717) is 20.9 Å². The summed E-state index contributed by atoms with van der Waals surface area (Å²) >= 11 is 13.5. The van der Waals surface area contributed by atoms with Crippen LogP contribution in [0.25, 0.3) is 10.2 Å². The third-order valence-corrected chi connectivity index (χ3v) is 6.22. The Morgan fingerprint density at radius 1 is 1.27 bits per heavy atom. The lowest BCUT2D eigenvalue weighted by atomic mass is 10.2. The van der Waals surface area contributed by atoms with E-state index in [-0.39, 0.29) is 5.91 Å². The van der Waals surface area contributed by atoms with Crippen molar-refractivity contribution in [3.63, 3.8) is 0 Å². The molecule has 0 saturated carbocycles. The molecule has 2 aromatic carbocycles. The molecule has 1 fully saturated rings. The second kappa shape index (κ2) is 9.49. The highest BCUT2D eigenvalue weighted by Gasteiger charge is 2.18. The SMILES string of the molecule is CC(Oc1ccc(Cl)cc1Cl)C(=O)Nc1nc2ccc(CN3CCOCC3)cc2s1. The summed E-state index contributed by atoms with van der Waals surface area (Å²) in [6, 6.07) is 11.1. The Hall–Kier alpha value is -1.90. The van der Waals surface area contributed by atoms with Gasteiger partial charge in [-0.3, -0.25) is 15.0 Å². The summed E-state index contributed by atoms with van der Waals surface area (Å²) in [5, 5.41) is 4.23. The molecule has 0 radical (unpaired) electrons. The second-order valence-electron chi connectivity index (χ2n) is 7.03. The minimum Gasteiger partial charge on any atom is -0.479 e. The van der Waals surface area contributed by atoms with Gasteiger partial charge in [-0.25, -0.2) is 4.98 Å². The maximum absolute atomic E-state index is 12.5. The number of ether oxygens (including phenoxy) is 2. The van der Waals surface area contributed by atoms with E-state index in [2.05, 4.69) is 27.3 Å². The number of anilines is 1. The van der Waals surface area contributed by atoms with Crippen LogP contribution in [-0.2, 0) is 16.1 Å². The summed E-state index contributed by atoms with van der Waals surface area (Å²) in [6.45, 7) is 5.98. The predicted molar refractivity (Wildman–Crippen MR) is 121 cm³/mol. The molecule has 1 aliphatic heterocycles. The molecule has 2 heterocycles. The molecule has 0 spiro atoms. The number of halogens is 2. The number of amides is 1. The van der Waals surface area contributed by atoms with E-state index in [9.17, 15) is 4.79 Å². The van der Waals surface area contributed by atoms with Crippen LogP contribution in [-0.4, -0.2) is 48.2 Å². The summed E-state index contributed by atoms with van der Waals surface area (Å²) in [6.07, 6.45) is -0.743. The van der Waals surface area contributed by atoms with Gasteiger partial charge in [0.05, 0.1) is 28.5 Å². The van der Waals surface area contributed by atoms with Crippen molar-refractivity contribution in [2.45, 2.75) is 19.6 Å². The standard InChI is InChI=1S/C21H21Cl2N3O3S/c1-13(29-18-5-3-15(22)11-16(18)23)20(27)25-21-24-17-4-2-14(10-19(17)30-21)12-26-6-8-28-9-7-26/h2-5,10-11,13H,6-9,12H2,1H3,(H,24,25,27). The van der Waals surface area contributed by atoms with E-state index in [0.717, 1.165) is 43.1 Å². The van der Waals surface area contributed by atoms with Gasteiger partial charge in [0.2, 0.25) is 0 Å². The van der Waals surface area contributed by atoms with Crippen LogP contribution in [0.1, 0.15) is 12.5 Å². The maximum atomic E-state index is 12.5. The van der Waals surface area contributed by atoms with Crippen molar-refractivity contribution in [1.82, 2.24) is 9.88 Å². The smallest absolute Gasteiger partial charge is 0.266 e. The molecule has 3 aromatic rings. The lowest BCUT2D eigenvalue weighted by Gasteiger charge is -2.26. The summed E-state index contributed by atoms with van der Waals surface area (Å²) in [5.74, 6) is 0.106. The summed E-state index contributed by atoms with van der Waals surface area (Å²) < 4.78 is 12.1. The zero-order valence-corrected chi connectivity index (χ0v) is 18.7. The van der Waals surface area contributed by atoms with Gasteiger partial charge < -0.3 is 9.47 Å². The highest BCUT2D eigenvalue weighted by Crippen LogP contribution is 2.30. The van der Waals surface area contributed by atoms with Crippen LogP contribution in [0.15, 0.2) is 36.4 Å². The number of carbonyl (C=O) groups excluding carboxylic acids is 1. The molecule has 158 valence electrons. The van der Waals surface area contributed by atoms with Crippen LogP contribution in [0.3, 0.4) is 0 Å².